The zero-order chi connectivity index (χ0) is 40.1. The summed E-state index contributed by atoms with van der Waals surface area (Å²) >= 11 is 0. The zero-order valence-electron chi connectivity index (χ0n) is 33.2. The Morgan fingerprint density at radius 2 is 0.836 bits per heavy atom. The lowest BCUT2D eigenvalue weighted by atomic mass is 9.70. The highest BCUT2D eigenvalue weighted by Crippen LogP contribution is 2.63. The SMILES string of the molecule is c1ccc(-c2ccc(N(c3ccc4c(c3)C3(c5ccccc5-c5ccccc53)c3ccccc3-4)c3cc4c(oc5cccc(-c6ccccc6)c54)c4ccccc34)cc2)cc1. The summed E-state index contributed by atoms with van der Waals surface area (Å²) in [7, 11) is 0. The summed E-state index contributed by atoms with van der Waals surface area (Å²) in [6.07, 6.45) is 0. The van der Waals surface area contributed by atoms with Gasteiger partial charge in [0.25, 0.3) is 0 Å². The first-order valence-corrected chi connectivity index (χ1v) is 21.1. The van der Waals surface area contributed by atoms with Gasteiger partial charge in [-0.2, -0.15) is 0 Å². The molecule has 284 valence electrons. The molecule has 2 aliphatic carbocycles. The maximum atomic E-state index is 6.85. The second kappa shape index (κ2) is 13.0. The second-order valence-corrected chi connectivity index (χ2v) is 16.3. The van der Waals surface area contributed by atoms with E-state index in [0.717, 1.165) is 55.3 Å². The minimum atomic E-state index is -0.463. The van der Waals surface area contributed by atoms with Gasteiger partial charge in [-0.25, -0.2) is 0 Å². The van der Waals surface area contributed by atoms with Crippen molar-refractivity contribution in [1.82, 2.24) is 0 Å². The summed E-state index contributed by atoms with van der Waals surface area (Å²) in [5.41, 5.74) is 19.8. The molecule has 0 bridgehead atoms. The maximum Gasteiger partial charge on any atom is 0.143 e. The van der Waals surface area contributed by atoms with Gasteiger partial charge in [-0.05, 0) is 103 Å². The van der Waals surface area contributed by atoms with Crippen molar-refractivity contribution in [3.8, 4) is 44.5 Å². The Bertz CT molecular complexity index is 3460. The van der Waals surface area contributed by atoms with Gasteiger partial charge in [0.2, 0.25) is 0 Å². The van der Waals surface area contributed by atoms with Gasteiger partial charge >= 0.3 is 0 Å². The van der Waals surface area contributed by atoms with Crippen LogP contribution in [0.5, 0.6) is 0 Å². The summed E-state index contributed by atoms with van der Waals surface area (Å²) in [6.45, 7) is 0. The molecule has 2 heteroatoms. The molecule has 0 N–H and O–H groups in total. The predicted molar refractivity (Wildman–Crippen MR) is 253 cm³/mol. The predicted octanol–water partition coefficient (Wildman–Crippen LogP) is 15.9. The lowest BCUT2D eigenvalue weighted by Crippen LogP contribution is -2.26. The van der Waals surface area contributed by atoms with Crippen LogP contribution in [0.25, 0.3) is 77.2 Å². The van der Waals surface area contributed by atoms with Crippen molar-refractivity contribution in [2.75, 3.05) is 4.90 Å². The molecule has 0 unspecified atom stereocenters. The van der Waals surface area contributed by atoms with Gasteiger partial charge in [0, 0.05) is 32.9 Å². The van der Waals surface area contributed by atoms with Crippen molar-refractivity contribution in [1.29, 1.82) is 0 Å². The third-order valence-corrected chi connectivity index (χ3v) is 13.3. The van der Waals surface area contributed by atoms with Crippen LogP contribution in [0.4, 0.5) is 17.1 Å². The molecule has 2 aliphatic rings. The molecule has 1 spiro atoms. The molecule has 0 aliphatic heterocycles. The molecule has 11 aromatic rings. The van der Waals surface area contributed by atoms with E-state index in [-0.39, 0.29) is 0 Å². The summed E-state index contributed by atoms with van der Waals surface area (Å²) in [6, 6.07) is 82.2. The molecular formula is C59H37NO. The molecule has 61 heavy (non-hydrogen) atoms. The molecule has 10 aromatic carbocycles. The van der Waals surface area contributed by atoms with Gasteiger partial charge in [0.05, 0.1) is 11.1 Å². The number of hydrogen-bond acceptors (Lipinski definition) is 2. The summed E-state index contributed by atoms with van der Waals surface area (Å²) in [5, 5.41) is 4.42. The monoisotopic (exact) mass is 775 g/mol. The van der Waals surface area contributed by atoms with E-state index in [1.54, 1.807) is 0 Å². The normalized spacial score (nSPS) is 13.0. The van der Waals surface area contributed by atoms with Crippen LogP contribution in [0.2, 0.25) is 0 Å². The molecule has 2 nitrogen and oxygen atoms in total. The van der Waals surface area contributed by atoms with Gasteiger partial charge in [-0.3, -0.25) is 0 Å². The van der Waals surface area contributed by atoms with Crippen molar-refractivity contribution in [2.24, 2.45) is 0 Å². The Hall–Kier alpha value is -7.94. The van der Waals surface area contributed by atoms with Crippen molar-refractivity contribution >= 4 is 49.8 Å². The van der Waals surface area contributed by atoms with E-state index in [2.05, 4.69) is 229 Å². The Balaban J connectivity index is 1.11. The number of nitrogens with zero attached hydrogens (tertiary/aromatic N) is 1. The first-order chi connectivity index (χ1) is 30.3. The lowest BCUT2D eigenvalue weighted by Gasteiger charge is -2.32. The number of rotatable bonds is 5. The van der Waals surface area contributed by atoms with Crippen molar-refractivity contribution in [3.05, 3.63) is 247 Å². The molecule has 0 fully saturated rings. The fourth-order valence-corrected chi connectivity index (χ4v) is 10.8. The fraction of sp³-hybridized carbons (Fsp3) is 0.0169. The number of anilines is 3. The fourth-order valence-electron chi connectivity index (χ4n) is 10.8. The Morgan fingerprint density at radius 1 is 0.328 bits per heavy atom. The van der Waals surface area contributed by atoms with Crippen molar-refractivity contribution in [2.45, 2.75) is 5.41 Å². The minimum Gasteiger partial charge on any atom is -0.455 e. The molecule has 0 radical (unpaired) electrons. The van der Waals surface area contributed by atoms with E-state index < -0.39 is 5.41 Å². The minimum absolute atomic E-state index is 0.463. The van der Waals surface area contributed by atoms with Gasteiger partial charge < -0.3 is 9.32 Å². The molecule has 0 atom stereocenters. The van der Waals surface area contributed by atoms with Crippen LogP contribution >= 0.6 is 0 Å². The quantitative estimate of drug-likeness (QED) is 0.173. The third-order valence-electron chi connectivity index (χ3n) is 13.3. The molecule has 0 saturated carbocycles. The Morgan fingerprint density at radius 3 is 1.49 bits per heavy atom. The number of hydrogen-bond donors (Lipinski definition) is 0. The average Bonchev–Trinajstić information content (AvgIpc) is 3.97. The molecular weight excluding hydrogens is 739 g/mol. The highest BCUT2D eigenvalue weighted by molar-refractivity contribution is 6.22. The van der Waals surface area contributed by atoms with Gasteiger partial charge in [0.15, 0.2) is 0 Å². The number of benzene rings is 10. The van der Waals surface area contributed by atoms with E-state index in [0.29, 0.717) is 0 Å². The Kier molecular flexibility index (Phi) is 7.26. The zero-order valence-corrected chi connectivity index (χ0v) is 33.2. The van der Waals surface area contributed by atoms with Crippen molar-refractivity contribution < 1.29 is 4.42 Å². The van der Waals surface area contributed by atoms with Gasteiger partial charge in [0.1, 0.15) is 11.2 Å². The van der Waals surface area contributed by atoms with Gasteiger partial charge in [-0.1, -0.05) is 188 Å². The number of fused-ring (bicyclic) bond motifs is 15. The number of furan rings is 1. The second-order valence-electron chi connectivity index (χ2n) is 16.3. The summed E-state index contributed by atoms with van der Waals surface area (Å²) in [4.78, 5) is 2.48. The molecule has 0 saturated heterocycles. The largest absolute Gasteiger partial charge is 0.455 e. The summed E-state index contributed by atoms with van der Waals surface area (Å²) < 4.78 is 6.85. The van der Waals surface area contributed by atoms with E-state index in [1.807, 2.05) is 0 Å². The van der Waals surface area contributed by atoms with Crippen LogP contribution in [0.3, 0.4) is 0 Å². The lowest BCUT2D eigenvalue weighted by molar-refractivity contribution is 0.673. The highest BCUT2D eigenvalue weighted by Gasteiger charge is 2.51. The van der Waals surface area contributed by atoms with E-state index in [9.17, 15) is 0 Å². The van der Waals surface area contributed by atoms with Gasteiger partial charge in [-0.15, -0.1) is 0 Å². The first-order valence-electron chi connectivity index (χ1n) is 21.1. The van der Waals surface area contributed by atoms with Crippen LogP contribution in [0.1, 0.15) is 22.3 Å². The highest BCUT2D eigenvalue weighted by atomic mass is 16.3. The van der Waals surface area contributed by atoms with E-state index >= 15 is 0 Å². The van der Waals surface area contributed by atoms with Crippen LogP contribution in [0.15, 0.2) is 229 Å². The topological polar surface area (TPSA) is 16.4 Å². The van der Waals surface area contributed by atoms with Crippen molar-refractivity contribution in [3.63, 3.8) is 0 Å². The van der Waals surface area contributed by atoms with Crippen LogP contribution < -0.4 is 4.90 Å². The first kappa shape index (κ1) is 34.0. The molecule has 0 amide bonds. The third kappa shape index (κ3) is 4.79. The van der Waals surface area contributed by atoms with Crippen LogP contribution in [-0.2, 0) is 5.41 Å². The molecule has 1 heterocycles. The summed E-state index contributed by atoms with van der Waals surface area (Å²) in [5.74, 6) is 0. The maximum absolute atomic E-state index is 6.85. The molecule has 1 aromatic heterocycles. The standard InChI is InChI=1S/C59H37NO/c1-3-16-38(17-4-1)39-30-32-41(33-31-39)60(55-37-50-57-43(40-18-5-2-6-19-40)25-15-29-56(57)61-58(50)49-24-8-7-23-48(49)55)42-34-35-47-46-22-11-14-28-53(46)59(54(47)36-42)51-26-12-9-20-44(51)45-21-10-13-27-52(45)59/h1-37H. The van der Waals surface area contributed by atoms with E-state index in [4.69, 9.17) is 4.42 Å². The smallest absolute Gasteiger partial charge is 0.143 e. The average molecular weight is 776 g/mol. The van der Waals surface area contributed by atoms with Crippen LogP contribution in [0, 0.1) is 0 Å². The van der Waals surface area contributed by atoms with Crippen LogP contribution in [-0.4, -0.2) is 0 Å². The molecule has 13 rings (SSSR count). The van der Waals surface area contributed by atoms with E-state index in [1.165, 1.54) is 61.2 Å². The Labute approximate surface area is 354 Å².